The maximum Gasteiger partial charge on any atom is 0.242 e. The highest BCUT2D eigenvalue weighted by Crippen LogP contribution is 2.18. The fraction of sp³-hybridized carbons (Fsp3) is 0.368. The highest BCUT2D eigenvalue weighted by Gasteiger charge is 2.17. The van der Waals surface area contributed by atoms with Crippen LogP contribution in [0.2, 0.25) is 0 Å². The third kappa shape index (κ3) is 5.04. The molecule has 0 atom stereocenters. The van der Waals surface area contributed by atoms with Crippen molar-refractivity contribution in [2.45, 2.75) is 24.9 Å². The van der Waals surface area contributed by atoms with Gasteiger partial charge in [0.15, 0.2) is 0 Å². The Kier molecular flexibility index (Phi) is 6.58. The zero-order valence-corrected chi connectivity index (χ0v) is 16.1. The van der Waals surface area contributed by atoms with Gasteiger partial charge in [0.05, 0.1) is 12.0 Å². The predicted molar refractivity (Wildman–Crippen MR) is 100 cm³/mol. The van der Waals surface area contributed by atoms with Crippen LogP contribution in [0.1, 0.15) is 18.1 Å². The lowest BCUT2D eigenvalue weighted by molar-refractivity contribution is 0.271. The zero-order chi connectivity index (χ0) is 18.4. The number of ether oxygens (including phenoxy) is 1. The van der Waals surface area contributed by atoms with Gasteiger partial charge in [-0.05, 0) is 41.9 Å². The van der Waals surface area contributed by atoms with Crippen LogP contribution < -0.4 is 4.74 Å². The molecule has 0 saturated carbocycles. The lowest BCUT2D eigenvalue weighted by atomic mass is 10.1. The lowest BCUT2D eigenvalue weighted by Crippen LogP contribution is -2.24. The van der Waals surface area contributed by atoms with Crippen molar-refractivity contribution in [1.29, 1.82) is 0 Å². The highest BCUT2D eigenvalue weighted by molar-refractivity contribution is 7.89. The second-order valence-corrected chi connectivity index (χ2v) is 8.24. The van der Waals surface area contributed by atoms with E-state index in [0.717, 1.165) is 24.4 Å². The predicted octanol–water partition coefficient (Wildman–Crippen LogP) is 2.97. The molecule has 0 heterocycles. The Morgan fingerprint density at radius 1 is 0.960 bits per heavy atom. The molecule has 0 aliphatic heterocycles. The van der Waals surface area contributed by atoms with E-state index in [-0.39, 0.29) is 0 Å². The minimum Gasteiger partial charge on any atom is -0.497 e. The zero-order valence-electron chi connectivity index (χ0n) is 15.3. The summed E-state index contributed by atoms with van der Waals surface area (Å²) in [6.07, 6.45) is 0. The molecule has 2 rings (SSSR count). The van der Waals surface area contributed by atoms with Crippen LogP contribution in [0.3, 0.4) is 0 Å². The van der Waals surface area contributed by atoms with Gasteiger partial charge in [-0.2, -0.15) is 0 Å². The molecule has 5 nitrogen and oxygen atoms in total. The van der Waals surface area contributed by atoms with Crippen LogP contribution >= 0.6 is 0 Å². The van der Waals surface area contributed by atoms with Crippen LogP contribution in [0.5, 0.6) is 5.75 Å². The Labute approximate surface area is 150 Å². The summed E-state index contributed by atoms with van der Waals surface area (Å²) in [5.74, 6) is 0.841. The molecular formula is C19H26N2O3S. The number of hydrogen-bond acceptors (Lipinski definition) is 4. The van der Waals surface area contributed by atoms with Crippen molar-refractivity contribution < 1.29 is 13.2 Å². The van der Waals surface area contributed by atoms with E-state index in [0.29, 0.717) is 11.4 Å². The fourth-order valence-corrected chi connectivity index (χ4v) is 3.51. The largest absolute Gasteiger partial charge is 0.497 e. The van der Waals surface area contributed by atoms with Crippen molar-refractivity contribution in [1.82, 2.24) is 9.21 Å². The molecular weight excluding hydrogens is 336 g/mol. The van der Waals surface area contributed by atoms with E-state index in [1.54, 1.807) is 39.4 Å². The first-order valence-corrected chi connectivity index (χ1v) is 9.67. The van der Waals surface area contributed by atoms with Gasteiger partial charge in [0.25, 0.3) is 0 Å². The SMILES string of the molecule is CCN(Cc1ccc(OC)cc1)Cc1cccc(S(=O)(=O)N(C)C)c1. The van der Waals surface area contributed by atoms with Crippen molar-refractivity contribution in [2.75, 3.05) is 27.7 Å². The summed E-state index contributed by atoms with van der Waals surface area (Å²) >= 11 is 0. The average Bonchev–Trinajstić information content (AvgIpc) is 2.61. The van der Waals surface area contributed by atoms with Crippen molar-refractivity contribution in [3.8, 4) is 5.75 Å². The number of methoxy groups -OCH3 is 1. The summed E-state index contributed by atoms with van der Waals surface area (Å²) in [6.45, 7) is 4.46. The van der Waals surface area contributed by atoms with Crippen molar-refractivity contribution >= 4 is 10.0 Å². The summed E-state index contributed by atoms with van der Waals surface area (Å²) in [7, 11) is 1.34. The summed E-state index contributed by atoms with van der Waals surface area (Å²) in [5, 5.41) is 0. The molecule has 136 valence electrons. The van der Waals surface area contributed by atoms with Gasteiger partial charge in [0.2, 0.25) is 10.0 Å². The average molecular weight is 362 g/mol. The van der Waals surface area contributed by atoms with Gasteiger partial charge in [0.1, 0.15) is 5.75 Å². The number of rotatable bonds is 8. The molecule has 6 heteroatoms. The van der Waals surface area contributed by atoms with Crippen molar-refractivity contribution in [2.24, 2.45) is 0 Å². The van der Waals surface area contributed by atoms with E-state index in [4.69, 9.17) is 4.74 Å². The van der Waals surface area contributed by atoms with E-state index in [9.17, 15) is 8.42 Å². The summed E-state index contributed by atoms with van der Waals surface area (Å²) < 4.78 is 31.0. The summed E-state index contributed by atoms with van der Waals surface area (Å²) in [6, 6.07) is 15.2. The Morgan fingerprint density at radius 2 is 1.60 bits per heavy atom. The van der Waals surface area contributed by atoms with Crippen LogP contribution in [0.15, 0.2) is 53.4 Å². The van der Waals surface area contributed by atoms with Crippen LogP contribution in [0.25, 0.3) is 0 Å². The molecule has 25 heavy (non-hydrogen) atoms. The molecule has 0 aliphatic carbocycles. The van der Waals surface area contributed by atoms with Crippen LogP contribution in [-0.4, -0.2) is 45.4 Å². The van der Waals surface area contributed by atoms with Gasteiger partial charge in [-0.25, -0.2) is 12.7 Å². The topological polar surface area (TPSA) is 49.9 Å². The highest BCUT2D eigenvalue weighted by atomic mass is 32.2. The van der Waals surface area contributed by atoms with Crippen molar-refractivity contribution in [3.05, 3.63) is 59.7 Å². The maximum absolute atomic E-state index is 12.3. The Morgan fingerprint density at radius 3 is 2.16 bits per heavy atom. The summed E-state index contributed by atoms with van der Waals surface area (Å²) in [4.78, 5) is 2.60. The van der Waals surface area contributed by atoms with Crippen molar-refractivity contribution in [3.63, 3.8) is 0 Å². The molecule has 2 aromatic carbocycles. The molecule has 0 amide bonds. The molecule has 2 aromatic rings. The molecule has 0 N–H and O–H groups in total. The standard InChI is InChI=1S/C19H26N2O3S/c1-5-21(14-16-9-11-18(24-4)12-10-16)15-17-7-6-8-19(13-17)25(22,23)20(2)3/h6-13H,5,14-15H2,1-4H3. The van der Waals surface area contributed by atoms with Crippen LogP contribution in [0.4, 0.5) is 0 Å². The molecule has 0 bridgehead atoms. The Hall–Kier alpha value is -1.89. The Bertz CT molecular complexity index is 787. The molecule has 0 aliphatic rings. The smallest absolute Gasteiger partial charge is 0.242 e. The van der Waals surface area contributed by atoms with Gasteiger partial charge in [0, 0.05) is 27.2 Å². The first kappa shape index (κ1) is 19.4. The molecule has 0 saturated heterocycles. The third-order valence-corrected chi connectivity index (χ3v) is 5.91. The van der Waals surface area contributed by atoms with Gasteiger partial charge >= 0.3 is 0 Å². The molecule has 0 spiro atoms. The summed E-state index contributed by atoms with van der Waals surface area (Å²) in [5.41, 5.74) is 2.18. The van der Waals surface area contributed by atoms with E-state index in [1.165, 1.54) is 9.87 Å². The van der Waals surface area contributed by atoms with E-state index < -0.39 is 10.0 Å². The first-order chi connectivity index (χ1) is 11.9. The number of hydrogen-bond donors (Lipinski definition) is 0. The van der Waals surface area contributed by atoms with Gasteiger partial charge in [-0.1, -0.05) is 31.2 Å². The second kappa shape index (κ2) is 8.47. The van der Waals surface area contributed by atoms with E-state index >= 15 is 0 Å². The number of nitrogens with zero attached hydrogens (tertiary/aromatic N) is 2. The first-order valence-electron chi connectivity index (χ1n) is 8.23. The number of sulfonamides is 1. The quantitative estimate of drug-likeness (QED) is 0.724. The van der Waals surface area contributed by atoms with Gasteiger partial charge in [-0.15, -0.1) is 0 Å². The van der Waals surface area contributed by atoms with Gasteiger partial charge in [-0.3, -0.25) is 4.90 Å². The van der Waals surface area contributed by atoms with Gasteiger partial charge < -0.3 is 4.74 Å². The normalized spacial score (nSPS) is 11.9. The van der Waals surface area contributed by atoms with Crippen LogP contribution in [0, 0.1) is 0 Å². The second-order valence-electron chi connectivity index (χ2n) is 6.09. The van der Waals surface area contributed by atoms with E-state index in [1.807, 2.05) is 18.2 Å². The molecule has 0 fully saturated rings. The fourth-order valence-electron chi connectivity index (χ4n) is 2.54. The van der Waals surface area contributed by atoms with Crippen LogP contribution in [-0.2, 0) is 23.1 Å². The monoisotopic (exact) mass is 362 g/mol. The number of benzene rings is 2. The lowest BCUT2D eigenvalue weighted by Gasteiger charge is -2.21. The minimum absolute atomic E-state index is 0.329. The Balaban J connectivity index is 2.13. The maximum atomic E-state index is 12.3. The molecule has 0 unspecified atom stereocenters. The molecule has 0 aromatic heterocycles. The minimum atomic E-state index is -3.41. The third-order valence-electron chi connectivity index (χ3n) is 4.10. The molecule has 0 radical (unpaired) electrons. The van der Waals surface area contributed by atoms with E-state index in [2.05, 4.69) is 24.0 Å².